The van der Waals surface area contributed by atoms with Crippen molar-refractivity contribution in [2.24, 2.45) is 0 Å². The molecule has 2 saturated heterocycles. The van der Waals surface area contributed by atoms with Crippen molar-refractivity contribution in [3.63, 3.8) is 0 Å². The lowest BCUT2D eigenvalue weighted by Gasteiger charge is -2.34. The zero-order valence-electron chi connectivity index (χ0n) is 19.9. The van der Waals surface area contributed by atoms with Gasteiger partial charge in [0, 0.05) is 30.8 Å². The molecule has 1 atom stereocenters. The summed E-state index contributed by atoms with van der Waals surface area (Å²) < 4.78 is 53.5. The van der Waals surface area contributed by atoms with E-state index in [2.05, 4.69) is 4.98 Å². The average Bonchev–Trinajstić information content (AvgIpc) is 3.50. The van der Waals surface area contributed by atoms with Crippen molar-refractivity contribution in [3.8, 4) is 5.75 Å². The Balaban J connectivity index is 1.31. The van der Waals surface area contributed by atoms with Gasteiger partial charge in [-0.2, -0.15) is 13.2 Å². The Morgan fingerprint density at radius 1 is 1.17 bits per heavy atom. The highest BCUT2D eigenvalue weighted by Gasteiger charge is 2.34. The van der Waals surface area contributed by atoms with Crippen molar-refractivity contribution < 1.29 is 27.4 Å². The zero-order valence-corrected chi connectivity index (χ0v) is 20.6. The summed E-state index contributed by atoms with van der Waals surface area (Å²) in [5.74, 6) is 1.19. The molecule has 2 fully saturated rings. The molecule has 0 spiro atoms. The van der Waals surface area contributed by atoms with Crippen LogP contribution in [0.2, 0.25) is 5.02 Å². The molecule has 3 aromatic rings. The Bertz CT molecular complexity index is 1260. The van der Waals surface area contributed by atoms with Gasteiger partial charge in [0.1, 0.15) is 17.7 Å². The van der Waals surface area contributed by atoms with Crippen LogP contribution >= 0.6 is 11.6 Å². The van der Waals surface area contributed by atoms with E-state index in [1.54, 1.807) is 23.1 Å². The molecule has 1 amide bonds. The molecular weight excluding hydrogens is 495 g/mol. The van der Waals surface area contributed by atoms with Crippen LogP contribution in [0.3, 0.4) is 0 Å². The lowest BCUT2D eigenvalue weighted by atomic mass is 10.0. The third-order valence-electron chi connectivity index (χ3n) is 6.93. The summed E-state index contributed by atoms with van der Waals surface area (Å²) in [6, 6.07) is 8.98. The summed E-state index contributed by atoms with van der Waals surface area (Å²) >= 11 is 5.98. The van der Waals surface area contributed by atoms with Crippen LogP contribution in [0, 0.1) is 6.92 Å². The minimum Gasteiger partial charge on any atom is -0.483 e. The molecule has 3 heterocycles. The van der Waals surface area contributed by atoms with E-state index in [0.29, 0.717) is 60.2 Å². The molecule has 2 aromatic carbocycles. The molecule has 2 aliphatic rings. The van der Waals surface area contributed by atoms with Crippen LogP contribution in [0.1, 0.15) is 54.8 Å². The van der Waals surface area contributed by atoms with E-state index in [9.17, 15) is 18.0 Å². The number of hydrogen-bond acceptors (Lipinski definition) is 4. The van der Waals surface area contributed by atoms with Gasteiger partial charge in [-0.15, -0.1) is 0 Å². The van der Waals surface area contributed by atoms with Crippen molar-refractivity contribution in [1.29, 1.82) is 0 Å². The highest BCUT2D eigenvalue weighted by molar-refractivity contribution is 6.30. The number of piperidine rings is 1. The lowest BCUT2D eigenvalue weighted by molar-refractivity contribution is -0.137. The van der Waals surface area contributed by atoms with Crippen LogP contribution in [0.4, 0.5) is 13.2 Å². The molecule has 10 heteroatoms. The average molecular weight is 522 g/mol. The molecule has 0 N–H and O–H groups in total. The highest BCUT2D eigenvalue weighted by atomic mass is 35.5. The van der Waals surface area contributed by atoms with E-state index < -0.39 is 11.7 Å². The number of benzene rings is 2. The summed E-state index contributed by atoms with van der Waals surface area (Å²) in [5.41, 5.74) is 1.13. The maximum atomic E-state index is 13.3. The van der Waals surface area contributed by atoms with E-state index in [4.69, 9.17) is 21.1 Å². The van der Waals surface area contributed by atoms with Crippen LogP contribution in [-0.4, -0.2) is 46.7 Å². The number of aromatic nitrogens is 2. The molecule has 0 saturated carbocycles. The van der Waals surface area contributed by atoms with Crippen molar-refractivity contribution in [1.82, 2.24) is 14.5 Å². The van der Waals surface area contributed by atoms with Gasteiger partial charge in [-0.3, -0.25) is 4.79 Å². The van der Waals surface area contributed by atoms with Gasteiger partial charge in [-0.25, -0.2) is 4.98 Å². The normalized spacial score (nSPS) is 19.2. The number of aryl methyl sites for hydroxylation is 1. The van der Waals surface area contributed by atoms with E-state index >= 15 is 0 Å². The third-order valence-corrected chi connectivity index (χ3v) is 7.17. The Morgan fingerprint density at radius 3 is 2.61 bits per heavy atom. The second-order valence-electron chi connectivity index (χ2n) is 9.35. The van der Waals surface area contributed by atoms with Gasteiger partial charge >= 0.3 is 6.18 Å². The molecule has 0 unspecified atom stereocenters. The van der Waals surface area contributed by atoms with Crippen LogP contribution in [0.15, 0.2) is 36.4 Å². The number of nitrogens with zero attached hydrogens (tertiary/aromatic N) is 3. The molecular formula is C26H27ClF3N3O3. The van der Waals surface area contributed by atoms with Crippen LogP contribution < -0.4 is 4.74 Å². The smallest absolute Gasteiger partial charge is 0.416 e. The maximum absolute atomic E-state index is 13.3. The van der Waals surface area contributed by atoms with Gasteiger partial charge in [-0.1, -0.05) is 11.6 Å². The zero-order chi connectivity index (χ0) is 25.4. The van der Waals surface area contributed by atoms with Crippen LogP contribution in [-0.2, 0) is 15.7 Å². The minimum atomic E-state index is -4.43. The number of halogens is 4. The van der Waals surface area contributed by atoms with Gasteiger partial charge in [0.15, 0.2) is 6.61 Å². The number of imidazole rings is 1. The predicted molar refractivity (Wildman–Crippen MR) is 129 cm³/mol. The molecule has 192 valence electrons. The number of carbonyl (C=O) groups excluding carboxylic acids is 1. The SMILES string of the molecule is Cc1cc(Cl)ccc1OCC(=O)N1CCC(n2c([C@@H]3CCCO3)nc3cc(C(F)(F)F)ccc32)CC1. The highest BCUT2D eigenvalue weighted by Crippen LogP contribution is 2.38. The fraction of sp³-hybridized carbons (Fsp3) is 0.462. The predicted octanol–water partition coefficient (Wildman–Crippen LogP) is 6.11. The molecule has 6 nitrogen and oxygen atoms in total. The van der Waals surface area contributed by atoms with Crippen molar-refractivity contribution in [2.45, 2.75) is 50.9 Å². The van der Waals surface area contributed by atoms with Crippen molar-refractivity contribution in [2.75, 3.05) is 26.3 Å². The first-order valence-electron chi connectivity index (χ1n) is 12.1. The summed E-state index contributed by atoms with van der Waals surface area (Å²) in [4.78, 5) is 19.2. The molecule has 0 radical (unpaired) electrons. The topological polar surface area (TPSA) is 56.6 Å². The third kappa shape index (κ3) is 5.04. The second-order valence-corrected chi connectivity index (χ2v) is 9.79. The Kier molecular flexibility index (Phi) is 6.87. The van der Waals surface area contributed by atoms with Crippen LogP contribution in [0.5, 0.6) is 5.75 Å². The van der Waals surface area contributed by atoms with E-state index in [1.807, 2.05) is 11.5 Å². The largest absolute Gasteiger partial charge is 0.483 e. The molecule has 0 bridgehead atoms. The first-order chi connectivity index (χ1) is 17.2. The Morgan fingerprint density at radius 2 is 1.94 bits per heavy atom. The number of ether oxygens (including phenoxy) is 2. The van der Waals surface area contributed by atoms with Gasteiger partial charge in [0.2, 0.25) is 0 Å². The summed E-state index contributed by atoms with van der Waals surface area (Å²) in [6.45, 7) is 3.47. The first-order valence-corrected chi connectivity index (χ1v) is 12.5. The molecule has 5 rings (SSSR count). The van der Waals surface area contributed by atoms with Gasteiger partial charge in [0.05, 0.1) is 16.6 Å². The van der Waals surface area contributed by atoms with Crippen LogP contribution in [0.25, 0.3) is 11.0 Å². The quantitative estimate of drug-likeness (QED) is 0.406. The van der Waals surface area contributed by atoms with Gasteiger partial charge in [0.25, 0.3) is 5.91 Å². The van der Waals surface area contributed by atoms with E-state index in [0.717, 1.165) is 30.5 Å². The molecule has 2 aliphatic heterocycles. The maximum Gasteiger partial charge on any atom is 0.416 e. The van der Waals surface area contributed by atoms with Crippen molar-refractivity contribution in [3.05, 3.63) is 58.4 Å². The number of amides is 1. The Labute approximate surface area is 211 Å². The van der Waals surface area contributed by atoms with Crippen molar-refractivity contribution >= 4 is 28.5 Å². The number of likely N-dealkylation sites (tertiary alicyclic amines) is 1. The first kappa shape index (κ1) is 24.9. The minimum absolute atomic E-state index is 0.00872. The van der Waals surface area contributed by atoms with E-state index in [-0.39, 0.29) is 24.7 Å². The fourth-order valence-electron chi connectivity index (χ4n) is 5.06. The number of alkyl halides is 3. The second kappa shape index (κ2) is 9.94. The monoisotopic (exact) mass is 521 g/mol. The number of fused-ring (bicyclic) bond motifs is 1. The van der Waals surface area contributed by atoms with Gasteiger partial charge < -0.3 is 18.9 Å². The molecule has 36 heavy (non-hydrogen) atoms. The fourth-order valence-corrected chi connectivity index (χ4v) is 5.29. The lowest BCUT2D eigenvalue weighted by Crippen LogP contribution is -2.41. The standard InChI is InChI=1S/C26H27ClF3N3O3/c1-16-13-18(27)5-7-22(16)36-15-24(34)32-10-8-19(9-11-32)33-21-6-4-17(26(28,29)30)14-20(21)31-25(33)23-3-2-12-35-23/h4-7,13-14,19,23H,2-3,8-12,15H2,1H3/t23-/m0/s1. The van der Waals surface area contributed by atoms with Gasteiger partial charge in [-0.05, 0) is 74.6 Å². The molecule has 0 aliphatic carbocycles. The summed E-state index contributed by atoms with van der Waals surface area (Å²) in [6.07, 6.45) is -1.66. The number of hydrogen-bond donors (Lipinski definition) is 0. The number of rotatable bonds is 5. The van der Waals surface area contributed by atoms with E-state index in [1.165, 1.54) is 6.07 Å². The number of carbonyl (C=O) groups is 1. The Hall–Kier alpha value is -2.78. The molecule has 1 aromatic heterocycles. The summed E-state index contributed by atoms with van der Waals surface area (Å²) in [5, 5.41) is 0.609. The summed E-state index contributed by atoms with van der Waals surface area (Å²) in [7, 11) is 0.